The number of hydrogen-bond donors (Lipinski definition) is 1. The van der Waals surface area contributed by atoms with Gasteiger partial charge < -0.3 is 19.5 Å². The van der Waals surface area contributed by atoms with Gasteiger partial charge in [-0.05, 0) is 87.9 Å². The van der Waals surface area contributed by atoms with Gasteiger partial charge in [-0.2, -0.15) is 26.3 Å². The van der Waals surface area contributed by atoms with E-state index in [1.807, 2.05) is 4.90 Å². The van der Waals surface area contributed by atoms with Crippen molar-refractivity contribution in [1.29, 1.82) is 0 Å². The third-order valence-corrected chi connectivity index (χ3v) is 9.03. The van der Waals surface area contributed by atoms with Crippen LogP contribution in [0.15, 0.2) is 35.3 Å². The lowest BCUT2D eigenvalue weighted by atomic mass is 9.90. The number of esters is 1. The van der Waals surface area contributed by atoms with Crippen molar-refractivity contribution in [1.82, 2.24) is 14.8 Å². The third kappa shape index (κ3) is 9.61. The lowest BCUT2D eigenvalue weighted by Gasteiger charge is -2.31. The molecular formula is C37H40F9N3O4. The topological polar surface area (TPSA) is 80.6 Å². The molecule has 16 heteroatoms. The lowest BCUT2D eigenvalue weighted by molar-refractivity contribution is -0.144. The van der Waals surface area contributed by atoms with Crippen LogP contribution in [0.2, 0.25) is 0 Å². The van der Waals surface area contributed by atoms with Gasteiger partial charge in [0.15, 0.2) is 0 Å². The second-order valence-corrected chi connectivity index (χ2v) is 13.6. The Balaban J connectivity index is 1.91. The van der Waals surface area contributed by atoms with Crippen LogP contribution in [0.5, 0.6) is 0 Å². The van der Waals surface area contributed by atoms with Crippen molar-refractivity contribution < 1.29 is 53.8 Å². The molecule has 0 spiro atoms. The SMILES string of the molecule is CCOC(=O)C[C@H](NC(=O)C(CC(C)C)n1cc(CCN2CCC2)c(C(F)(F)F)cc1=O)c1c(F)c(-c2c(C)cc(C)cc2F)cc(C(F)(F)F)c1F. The number of ether oxygens (including phenoxy) is 1. The van der Waals surface area contributed by atoms with Crippen LogP contribution in [-0.4, -0.2) is 47.6 Å². The van der Waals surface area contributed by atoms with Crippen molar-refractivity contribution in [3.05, 3.63) is 91.6 Å². The van der Waals surface area contributed by atoms with E-state index in [0.717, 1.165) is 23.3 Å². The summed E-state index contributed by atoms with van der Waals surface area (Å²) in [5.74, 6) is -7.88. The molecule has 53 heavy (non-hydrogen) atoms. The number of alkyl halides is 6. The van der Waals surface area contributed by atoms with Gasteiger partial charge in [-0.15, -0.1) is 0 Å². The van der Waals surface area contributed by atoms with E-state index >= 15 is 13.2 Å². The van der Waals surface area contributed by atoms with Crippen LogP contribution in [0.4, 0.5) is 39.5 Å². The van der Waals surface area contributed by atoms with Gasteiger partial charge in [0, 0.05) is 35.5 Å². The van der Waals surface area contributed by atoms with Gasteiger partial charge in [0.25, 0.3) is 5.56 Å². The fourth-order valence-electron chi connectivity index (χ4n) is 6.46. The summed E-state index contributed by atoms with van der Waals surface area (Å²) in [5, 5.41) is 2.19. The van der Waals surface area contributed by atoms with Crippen LogP contribution in [0.1, 0.15) is 85.5 Å². The van der Waals surface area contributed by atoms with E-state index in [-0.39, 0.29) is 43.2 Å². The maximum Gasteiger partial charge on any atom is 0.419 e. The number of nitrogens with one attached hydrogen (secondary N) is 1. The number of halogens is 9. The first-order chi connectivity index (χ1) is 24.6. The molecule has 0 saturated carbocycles. The van der Waals surface area contributed by atoms with Gasteiger partial charge in [0.1, 0.15) is 23.5 Å². The number of nitrogens with zero attached hydrogens (tertiary/aromatic N) is 2. The first-order valence-electron chi connectivity index (χ1n) is 17.0. The zero-order valence-corrected chi connectivity index (χ0v) is 29.7. The van der Waals surface area contributed by atoms with Crippen LogP contribution in [0.3, 0.4) is 0 Å². The van der Waals surface area contributed by atoms with Crippen LogP contribution >= 0.6 is 0 Å². The molecular weight excluding hydrogens is 721 g/mol. The Morgan fingerprint density at radius 2 is 1.57 bits per heavy atom. The van der Waals surface area contributed by atoms with Gasteiger partial charge in [0.2, 0.25) is 5.91 Å². The molecule has 2 atom stereocenters. The molecule has 3 aromatic rings. The summed E-state index contributed by atoms with van der Waals surface area (Å²) in [6.07, 6.45) is -10.1. The predicted octanol–water partition coefficient (Wildman–Crippen LogP) is 8.23. The van der Waals surface area contributed by atoms with Crippen molar-refractivity contribution in [2.24, 2.45) is 5.92 Å². The quantitative estimate of drug-likeness (QED) is 0.140. The highest BCUT2D eigenvalue weighted by Crippen LogP contribution is 2.42. The first-order valence-corrected chi connectivity index (χ1v) is 17.0. The molecule has 2 heterocycles. The maximum atomic E-state index is 16.5. The average Bonchev–Trinajstić information content (AvgIpc) is 2.99. The minimum atomic E-state index is -5.46. The Kier molecular flexibility index (Phi) is 12.8. The summed E-state index contributed by atoms with van der Waals surface area (Å²) in [6, 6.07) is -1.12. The summed E-state index contributed by atoms with van der Waals surface area (Å²) in [4.78, 5) is 42.0. The molecule has 1 N–H and O–H groups in total. The van der Waals surface area contributed by atoms with E-state index in [4.69, 9.17) is 4.74 Å². The summed E-state index contributed by atoms with van der Waals surface area (Å²) in [5.41, 5.74) is -7.47. The number of likely N-dealkylation sites (tertiary alicyclic amines) is 1. The number of amides is 1. The summed E-state index contributed by atoms with van der Waals surface area (Å²) in [7, 11) is 0. The molecule has 290 valence electrons. The summed E-state index contributed by atoms with van der Waals surface area (Å²) >= 11 is 0. The number of carbonyl (C=O) groups excluding carboxylic acids is 2. The van der Waals surface area contributed by atoms with Crippen molar-refractivity contribution in [3.63, 3.8) is 0 Å². The number of rotatable bonds is 13. The minimum Gasteiger partial charge on any atom is -0.466 e. The smallest absolute Gasteiger partial charge is 0.419 e. The largest absolute Gasteiger partial charge is 0.466 e. The van der Waals surface area contributed by atoms with Gasteiger partial charge in [0.05, 0.1) is 30.2 Å². The highest BCUT2D eigenvalue weighted by molar-refractivity contribution is 5.82. The Hall–Kier alpha value is -4.34. The number of benzene rings is 2. The molecule has 1 amide bonds. The van der Waals surface area contributed by atoms with Crippen LogP contribution in [0, 0.1) is 37.2 Å². The van der Waals surface area contributed by atoms with Crippen molar-refractivity contribution in [3.8, 4) is 11.1 Å². The number of hydrogen-bond acceptors (Lipinski definition) is 5. The Morgan fingerprint density at radius 1 is 0.925 bits per heavy atom. The second kappa shape index (κ2) is 16.4. The monoisotopic (exact) mass is 761 g/mol. The zero-order valence-electron chi connectivity index (χ0n) is 29.7. The van der Waals surface area contributed by atoms with Crippen molar-refractivity contribution in [2.45, 2.75) is 84.7 Å². The van der Waals surface area contributed by atoms with E-state index in [1.165, 1.54) is 26.8 Å². The van der Waals surface area contributed by atoms with Crippen LogP contribution < -0.4 is 10.9 Å². The molecule has 0 radical (unpaired) electrons. The normalized spacial score (nSPS) is 14.9. The molecule has 2 aromatic carbocycles. The Bertz CT molecular complexity index is 1880. The first kappa shape index (κ1) is 41.4. The summed E-state index contributed by atoms with van der Waals surface area (Å²) < 4.78 is 139. The van der Waals surface area contributed by atoms with Crippen molar-refractivity contribution in [2.75, 3.05) is 26.2 Å². The van der Waals surface area contributed by atoms with E-state index in [1.54, 1.807) is 13.8 Å². The highest BCUT2D eigenvalue weighted by Gasteiger charge is 2.41. The molecule has 4 rings (SSSR count). The standard InChI is InChI=1S/C37H40F9N3O4/c1-6-53-30(51)17-27(32-33(39)23(15-25(34(32)40)37(44,45)46)31-21(5)13-20(4)14-26(31)38)47-35(52)28(12-19(2)3)49-18-22(8-11-48-9-7-10-48)24(16-29(49)50)36(41,42)43/h13-16,18-19,27-28H,6-12,17H2,1-5H3,(H,47,52)/t27-,28?/m0/s1. The van der Waals surface area contributed by atoms with Crippen molar-refractivity contribution >= 4 is 11.9 Å². The second-order valence-electron chi connectivity index (χ2n) is 13.6. The van der Waals surface area contributed by atoms with E-state index in [9.17, 15) is 40.7 Å². The molecule has 1 aliphatic heterocycles. The molecule has 1 fully saturated rings. The molecule has 0 bridgehead atoms. The summed E-state index contributed by atoms with van der Waals surface area (Å²) in [6.45, 7) is 8.71. The fraction of sp³-hybridized carbons (Fsp3) is 0.486. The third-order valence-electron chi connectivity index (χ3n) is 9.03. The van der Waals surface area contributed by atoms with Crippen LogP contribution in [0.25, 0.3) is 11.1 Å². The van der Waals surface area contributed by atoms with E-state index in [2.05, 4.69) is 5.32 Å². The molecule has 1 aliphatic rings. The molecule has 1 saturated heterocycles. The maximum absolute atomic E-state index is 16.5. The molecule has 1 aromatic heterocycles. The Morgan fingerprint density at radius 3 is 2.09 bits per heavy atom. The zero-order chi connectivity index (χ0) is 39.6. The predicted molar refractivity (Wildman–Crippen MR) is 177 cm³/mol. The number of aromatic nitrogens is 1. The average molecular weight is 762 g/mol. The Labute approximate surface area is 300 Å². The van der Waals surface area contributed by atoms with Gasteiger partial charge in [-0.25, -0.2) is 13.2 Å². The molecule has 1 unspecified atom stereocenters. The van der Waals surface area contributed by atoms with Gasteiger partial charge >= 0.3 is 18.3 Å². The molecule has 0 aliphatic carbocycles. The lowest BCUT2D eigenvalue weighted by Crippen LogP contribution is -2.41. The highest BCUT2D eigenvalue weighted by atomic mass is 19.4. The fourth-order valence-corrected chi connectivity index (χ4v) is 6.46. The van der Waals surface area contributed by atoms with Gasteiger partial charge in [-0.3, -0.25) is 14.4 Å². The number of carbonyl (C=O) groups is 2. The minimum absolute atomic E-state index is 0.00153. The number of aryl methyl sites for hydroxylation is 2. The number of pyridine rings is 1. The van der Waals surface area contributed by atoms with Gasteiger partial charge in [-0.1, -0.05) is 19.9 Å². The molecule has 7 nitrogen and oxygen atoms in total. The van der Waals surface area contributed by atoms with E-state index < -0.39 is 99.5 Å². The van der Waals surface area contributed by atoms with E-state index in [0.29, 0.717) is 24.7 Å². The van der Waals surface area contributed by atoms with Crippen LogP contribution in [-0.2, 0) is 33.1 Å².